The maximum atomic E-state index is 14.0. The normalized spacial score (nSPS) is 16.5. The second kappa shape index (κ2) is 9.02. The molecular weight excluding hydrogens is 433 g/mol. The number of para-hydroxylation sites is 2. The molecule has 0 radical (unpaired) electrons. The summed E-state index contributed by atoms with van der Waals surface area (Å²) in [5.41, 5.74) is 2.48. The van der Waals surface area contributed by atoms with Crippen molar-refractivity contribution in [2.75, 3.05) is 43.1 Å². The molecule has 2 aliphatic rings. The number of carbonyl (C=O) groups excluding carboxylic acids is 2. The van der Waals surface area contributed by atoms with Crippen LogP contribution in [0.4, 0.5) is 15.8 Å². The van der Waals surface area contributed by atoms with E-state index in [0.29, 0.717) is 43.2 Å². The number of benzene rings is 3. The molecule has 172 valence electrons. The molecule has 5 rings (SSSR count). The van der Waals surface area contributed by atoms with Crippen molar-refractivity contribution in [2.24, 2.45) is 0 Å². The second-order valence-electron chi connectivity index (χ2n) is 8.16. The van der Waals surface area contributed by atoms with Crippen LogP contribution >= 0.6 is 0 Å². The zero-order valence-electron chi connectivity index (χ0n) is 18.8. The van der Waals surface area contributed by atoms with Gasteiger partial charge in [-0.2, -0.15) is 0 Å². The first-order valence-electron chi connectivity index (χ1n) is 11.2. The Hall–Kier alpha value is -4.13. The molecule has 0 bridgehead atoms. The Balaban J connectivity index is 1.54. The van der Waals surface area contributed by atoms with E-state index >= 15 is 0 Å². The van der Waals surface area contributed by atoms with Crippen molar-refractivity contribution in [3.05, 3.63) is 95.9 Å². The van der Waals surface area contributed by atoms with Gasteiger partial charge in [0.05, 0.1) is 18.4 Å². The molecule has 0 aliphatic carbocycles. The number of imide groups is 1. The summed E-state index contributed by atoms with van der Waals surface area (Å²) in [6, 6.07) is 22.8. The number of ether oxygens (including phenoxy) is 1. The molecular formula is C27H24FN3O3. The molecule has 7 heteroatoms. The summed E-state index contributed by atoms with van der Waals surface area (Å²) in [5, 5.41) is 0. The fourth-order valence-electron chi connectivity index (χ4n) is 4.58. The van der Waals surface area contributed by atoms with Crippen LogP contribution in [0.5, 0.6) is 5.75 Å². The summed E-state index contributed by atoms with van der Waals surface area (Å²) in [5.74, 6) is -0.952. The van der Waals surface area contributed by atoms with Crippen molar-refractivity contribution in [3.8, 4) is 5.75 Å². The molecule has 2 aliphatic heterocycles. The van der Waals surface area contributed by atoms with E-state index in [1.165, 1.54) is 25.3 Å². The first-order valence-corrected chi connectivity index (χ1v) is 11.2. The molecule has 6 nitrogen and oxygen atoms in total. The maximum absolute atomic E-state index is 14.0. The van der Waals surface area contributed by atoms with Crippen LogP contribution in [0.15, 0.2) is 84.6 Å². The maximum Gasteiger partial charge on any atom is 0.282 e. The number of nitrogens with zero attached hydrogens (tertiary/aromatic N) is 3. The second-order valence-corrected chi connectivity index (χ2v) is 8.16. The first-order chi connectivity index (χ1) is 16.6. The summed E-state index contributed by atoms with van der Waals surface area (Å²) < 4.78 is 19.5. The number of anilines is 2. The highest BCUT2D eigenvalue weighted by molar-refractivity contribution is 6.45. The van der Waals surface area contributed by atoms with E-state index in [9.17, 15) is 14.0 Å². The third-order valence-electron chi connectivity index (χ3n) is 6.22. The number of hydrogen-bond donors (Lipinski definition) is 0. The van der Waals surface area contributed by atoms with Crippen LogP contribution in [0.2, 0.25) is 0 Å². The summed E-state index contributed by atoms with van der Waals surface area (Å²) in [7, 11) is 1.53. The number of methoxy groups -OCH3 is 1. The van der Waals surface area contributed by atoms with Gasteiger partial charge in [0.15, 0.2) is 0 Å². The lowest BCUT2D eigenvalue weighted by Gasteiger charge is -2.37. The van der Waals surface area contributed by atoms with E-state index in [-0.39, 0.29) is 11.3 Å². The predicted octanol–water partition coefficient (Wildman–Crippen LogP) is 3.94. The van der Waals surface area contributed by atoms with Gasteiger partial charge in [-0.15, -0.1) is 0 Å². The van der Waals surface area contributed by atoms with Crippen molar-refractivity contribution in [3.63, 3.8) is 0 Å². The molecule has 2 amide bonds. The molecule has 2 heterocycles. The largest absolute Gasteiger partial charge is 0.496 e. The van der Waals surface area contributed by atoms with E-state index in [1.54, 1.807) is 24.3 Å². The van der Waals surface area contributed by atoms with Gasteiger partial charge in [-0.1, -0.05) is 42.5 Å². The zero-order chi connectivity index (χ0) is 23.7. The molecule has 0 aromatic heterocycles. The van der Waals surface area contributed by atoms with Crippen molar-refractivity contribution >= 4 is 28.8 Å². The Bertz CT molecular complexity index is 1270. The molecule has 34 heavy (non-hydrogen) atoms. The summed E-state index contributed by atoms with van der Waals surface area (Å²) in [6.07, 6.45) is 0. The molecule has 0 atom stereocenters. The van der Waals surface area contributed by atoms with Gasteiger partial charge in [-0.05, 0) is 36.4 Å². The molecule has 3 aromatic rings. The van der Waals surface area contributed by atoms with Crippen molar-refractivity contribution < 1.29 is 18.7 Å². The standard InChI is InChI=1S/C27H24FN3O3/c1-34-23-13-6-5-12-22(23)24-25(27(33)31(26(24)32)21-11-7-8-19(28)18-21)30-16-14-29(15-17-30)20-9-3-2-4-10-20/h2-13,18H,14-17H2,1H3. The van der Waals surface area contributed by atoms with Gasteiger partial charge in [0, 0.05) is 37.4 Å². The van der Waals surface area contributed by atoms with Gasteiger partial charge in [-0.25, -0.2) is 9.29 Å². The molecule has 0 saturated carbocycles. The Kier molecular flexibility index (Phi) is 5.76. The predicted molar refractivity (Wildman–Crippen MR) is 129 cm³/mol. The zero-order valence-corrected chi connectivity index (χ0v) is 18.8. The third kappa shape index (κ3) is 3.79. The average molecular weight is 458 g/mol. The average Bonchev–Trinajstić information content (AvgIpc) is 3.14. The van der Waals surface area contributed by atoms with Crippen molar-refractivity contribution in [1.82, 2.24) is 4.90 Å². The van der Waals surface area contributed by atoms with E-state index in [4.69, 9.17) is 4.74 Å². The van der Waals surface area contributed by atoms with Crippen LogP contribution < -0.4 is 14.5 Å². The quantitative estimate of drug-likeness (QED) is 0.544. The third-order valence-corrected chi connectivity index (χ3v) is 6.22. The van der Waals surface area contributed by atoms with Gasteiger partial charge < -0.3 is 14.5 Å². The van der Waals surface area contributed by atoms with E-state index in [0.717, 1.165) is 10.6 Å². The number of piperazine rings is 1. The lowest BCUT2D eigenvalue weighted by molar-refractivity contribution is -0.120. The van der Waals surface area contributed by atoms with Crippen LogP contribution in [0.1, 0.15) is 5.56 Å². The molecule has 0 N–H and O–H groups in total. The Morgan fingerprint density at radius 1 is 0.735 bits per heavy atom. The number of halogens is 1. The summed E-state index contributed by atoms with van der Waals surface area (Å²) >= 11 is 0. The first kappa shape index (κ1) is 21.7. The van der Waals surface area contributed by atoms with Crippen LogP contribution in [-0.2, 0) is 9.59 Å². The van der Waals surface area contributed by atoms with E-state index in [2.05, 4.69) is 17.0 Å². The number of carbonyl (C=O) groups is 2. The highest BCUT2D eigenvalue weighted by Crippen LogP contribution is 2.38. The SMILES string of the molecule is COc1ccccc1C1=C(N2CCN(c3ccccc3)CC2)C(=O)N(c2cccc(F)c2)C1=O. The minimum Gasteiger partial charge on any atom is -0.496 e. The Morgan fingerprint density at radius 2 is 1.38 bits per heavy atom. The number of rotatable bonds is 5. The van der Waals surface area contributed by atoms with Gasteiger partial charge in [0.25, 0.3) is 11.8 Å². The van der Waals surface area contributed by atoms with Crippen LogP contribution in [0.25, 0.3) is 5.57 Å². The summed E-state index contributed by atoms with van der Waals surface area (Å²) in [4.78, 5) is 32.6. The van der Waals surface area contributed by atoms with Crippen LogP contribution in [0, 0.1) is 5.82 Å². The van der Waals surface area contributed by atoms with Gasteiger partial charge in [0.2, 0.25) is 0 Å². The van der Waals surface area contributed by atoms with Gasteiger partial charge >= 0.3 is 0 Å². The Morgan fingerprint density at radius 3 is 2.09 bits per heavy atom. The number of amides is 2. The van der Waals surface area contributed by atoms with Gasteiger partial charge in [0.1, 0.15) is 17.3 Å². The topological polar surface area (TPSA) is 53.1 Å². The summed E-state index contributed by atoms with van der Waals surface area (Å²) in [6.45, 7) is 2.54. The highest BCUT2D eigenvalue weighted by Gasteiger charge is 2.44. The van der Waals surface area contributed by atoms with E-state index in [1.807, 2.05) is 29.2 Å². The number of hydrogen-bond acceptors (Lipinski definition) is 5. The molecule has 1 fully saturated rings. The minimum absolute atomic E-state index is 0.209. The van der Waals surface area contributed by atoms with Crippen LogP contribution in [0.3, 0.4) is 0 Å². The lowest BCUT2D eigenvalue weighted by atomic mass is 10.0. The van der Waals surface area contributed by atoms with Crippen LogP contribution in [-0.4, -0.2) is 50.0 Å². The molecule has 1 saturated heterocycles. The van der Waals surface area contributed by atoms with E-state index < -0.39 is 17.6 Å². The molecule has 0 unspecified atom stereocenters. The van der Waals surface area contributed by atoms with Crippen molar-refractivity contribution in [1.29, 1.82) is 0 Å². The molecule has 0 spiro atoms. The minimum atomic E-state index is -0.512. The smallest absolute Gasteiger partial charge is 0.282 e. The van der Waals surface area contributed by atoms with Gasteiger partial charge in [-0.3, -0.25) is 9.59 Å². The van der Waals surface area contributed by atoms with Crippen molar-refractivity contribution in [2.45, 2.75) is 0 Å². The monoisotopic (exact) mass is 457 g/mol. The highest BCUT2D eigenvalue weighted by atomic mass is 19.1. The fourth-order valence-corrected chi connectivity index (χ4v) is 4.58. The fraction of sp³-hybridized carbons (Fsp3) is 0.185. The Labute approximate surface area is 197 Å². The lowest BCUT2D eigenvalue weighted by Crippen LogP contribution is -2.47. The molecule has 3 aromatic carbocycles.